The predicted molar refractivity (Wildman–Crippen MR) is 131 cm³/mol. The first-order valence-corrected chi connectivity index (χ1v) is 12.1. The van der Waals surface area contributed by atoms with Crippen molar-refractivity contribution >= 4 is 29.0 Å². The minimum atomic E-state index is -1.70. The van der Waals surface area contributed by atoms with E-state index in [1.807, 2.05) is 19.1 Å². The highest BCUT2D eigenvalue weighted by molar-refractivity contribution is 6.50. The molecule has 3 heterocycles. The van der Waals surface area contributed by atoms with Crippen molar-refractivity contribution in [2.45, 2.75) is 18.9 Å². The number of amides is 2. The SMILES string of the molecule is CCCN1C(=O)C2(/C(=C(/O)c3ccccc3)C(=O)C(=O)N2CCN2CCOCC2)c2ccccc21. The van der Waals surface area contributed by atoms with Gasteiger partial charge in [0.25, 0.3) is 17.6 Å². The number of ether oxygens (including phenoxy) is 1. The second-order valence-electron chi connectivity index (χ2n) is 9.01. The minimum absolute atomic E-state index is 0.160. The van der Waals surface area contributed by atoms with Crippen molar-refractivity contribution in [2.75, 3.05) is 50.8 Å². The molecule has 0 bridgehead atoms. The first kappa shape index (κ1) is 23.3. The number of nitrogens with zero attached hydrogens (tertiary/aromatic N) is 3. The van der Waals surface area contributed by atoms with Crippen LogP contribution >= 0.6 is 0 Å². The quantitative estimate of drug-likeness (QED) is 0.392. The van der Waals surface area contributed by atoms with E-state index < -0.39 is 17.2 Å². The molecule has 1 spiro atoms. The Morgan fingerprint density at radius 1 is 0.943 bits per heavy atom. The highest BCUT2D eigenvalue weighted by atomic mass is 16.5. The van der Waals surface area contributed by atoms with Crippen molar-refractivity contribution in [3.05, 3.63) is 71.3 Å². The Hall–Kier alpha value is -3.49. The Morgan fingerprint density at radius 2 is 1.63 bits per heavy atom. The number of aliphatic hydroxyl groups is 1. The van der Waals surface area contributed by atoms with Crippen LogP contribution in [0.2, 0.25) is 0 Å². The molecule has 0 aliphatic carbocycles. The molecule has 0 radical (unpaired) electrons. The van der Waals surface area contributed by atoms with Gasteiger partial charge in [0.15, 0.2) is 5.54 Å². The molecule has 8 nitrogen and oxygen atoms in total. The summed E-state index contributed by atoms with van der Waals surface area (Å²) in [5.74, 6) is -2.31. The molecule has 2 amide bonds. The molecule has 5 rings (SSSR count). The van der Waals surface area contributed by atoms with Crippen molar-refractivity contribution in [1.82, 2.24) is 9.80 Å². The summed E-state index contributed by atoms with van der Waals surface area (Å²) in [6.07, 6.45) is 0.704. The van der Waals surface area contributed by atoms with Gasteiger partial charge in [0.1, 0.15) is 5.76 Å². The first-order chi connectivity index (χ1) is 17.0. The molecule has 2 aromatic rings. The summed E-state index contributed by atoms with van der Waals surface area (Å²) in [7, 11) is 0. The molecule has 35 heavy (non-hydrogen) atoms. The van der Waals surface area contributed by atoms with Crippen LogP contribution in [0.3, 0.4) is 0 Å². The van der Waals surface area contributed by atoms with Gasteiger partial charge in [-0.05, 0) is 12.5 Å². The van der Waals surface area contributed by atoms with E-state index in [4.69, 9.17) is 4.74 Å². The third kappa shape index (κ3) is 3.56. The van der Waals surface area contributed by atoms with Gasteiger partial charge < -0.3 is 19.6 Å². The summed E-state index contributed by atoms with van der Waals surface area (Å²) in [4.78, 5) is 46.5. The molecule has 0 saturated carbocycles. The first-order valence-electron chi connectivity index (χ1n) is 12.1. The average Bonchev–Trinajstić information content (AvgIpc) is 3.27. The number of Topliss-reactive ketones (excluding diaryl/α,β-unsaturated/α-hetero) is 1. The molecule has 8 heteroatoms. The molecule has 2 saturated heterocycles. The molecular weight excluding hydrogens is 446 g/mol. The van der Waals surface area contributed by atoms with Crippen LogP contribution in [0.1, 0.15) is 24.5 Å². The average molecular weight is 476 g/mol. The van der Waals surface area contributed by atoms with Crippen molar-refractivity contribution in [3.63, 3.8) is 0 Å². The van der Waals surface area contributed by atoms with E-state index in [2.05, 4.69) is 4.90 Å². The maximum absolute atomic E-state index is 14.3. The summed E-state index contributed by atoms with van der Waals surface area (Å²) in [6, 6.07) is 15.9. The van der Waals surface area contributed by atoms with Crippen LogP contribution in [0.4, 0.5) is 5.69 Å². The van der Waals surface area contributed by atoms with Crippen molar-refractivity contribution in [3.8, 4) is 0 Å². The normalized spacial score (nSPS) is 24.0. The number of aliphatic hydroxyl groups excluding tert-OH is 1. The largest absolute Gasteiger partial charge is 0.507 e. The second-order valence-corrected chi connectivity index (χ2v) is 9.01. The van der Waals surface area contributed by atoms with Crippen LogP contribution in [0.25, 0.3) is 5.76 Å². The van der Waals surface area contributed by atoms with Gasteiger partial charge in [0.2, 0.25) is 0 Å². The number of rotatable bonds is 6. The van der Waals surface area contributed by atoms with E-state index in [0.717, 1.165) is 0 Å². The van der Waals surface area contributed by atoms with Crippen LogP contribution in [0, 0.1) is 0 Å². The van der Waals surface area contributed by atoms with Gasteiger partial charge in [-0.25, -0.2) is 0 Å². The Morgan fingerprint density at radius 3 is 2.34 bits per heavy atom. The molecule has 1 unspecified atom stereocenters. The van der Waals surface area contributed by atoms with Crippen LogP contribution in [0.15, 0.2) is 60.2 Å². The molecule has 3 aliphatic rings. The Bertz CT molecular complexity index is 1190. The Balaban J connectivity index is 1.70. The minimum Gasteiger partial charge on any atom is -0.507 e. The fraction of sp³-hybridized carbons (Fsp3) is 0.370. The highest BCUT2D eigenvalue weighted by Crippen LogP contribution is 2.53. The fourth-order valence-electron chi connectivity index (χ4n) is 5.42. The van der Waals surface area contributed by atoms with Crippen molar-refractivity contribution < 1.29 is 24.2 Å². The van der Waals surface area contributed by atoms with Gasteiger partial charge in [0.05, 0.1) is 24.5 Å². The zero-order chi connectivity index (χ0) is 24.6. The van der Waals surface area contributed by atoms with E-state index >= 15 is 0 Å². The van der Waals surface area contributed by atoms with Crippen LogP contribution in [0.5, 0.6) is 0 Å². The predicted octanol–water partition coefficient (Wildman–Crippen LogP) is 2.35. The van der Waals surface area contributed by atoms with E-state index in [9.17, 15) is 19.5 Å². The smallest absolute Gasteiger partial charge is 0.296 e. The van der Waals surface area contributed by atoms with Crippen molar-refractivity contribution in [1.29, 1.82) is 0 Å². The van der Waals surface area contributed by atoms with Crippen LogP contribution < -0.4 is 4.90 Å². The van der Waals surface area contributed by atoms with Gasteiger partial charge in [0, 0.05) is 43.9 Å². The fourth-order valence-corrected chi connectivity index (χ4v) is 5.42. The number of likely N-dealkylation sites (tertiary alicyclic amines) is 1. The zero-order valence-electron chi connectivity index (χ0n) is 19.8. The number of hydrogen-bond acceptors (Lipinski definition) is 6. The number of anilines is 1. The van der Waals surface area contributed by atoms with Gasteiger partial charge >= 0.3 is 0 Å². The summed E-state index contributed by atoms with van der Waals surface area (Å²) in [5, 5.41) is 11.4. The number of benzene rings is 2. The number of fused-ring (bicyclic) bond motifs is 2. The van der Waals surface area contributed by atoms with Gasteiger partial charge in [-0.3, -0.25) is 19.3 Å². The van der Waals surface area contributed by atoms with E-state index in [-0.39, 0.29) is 23.8 Å². The van der Waals surface area contributed by atoms with Gasteiger partial charge in [-0.15, -0.1) is 0 Å². The summed E-state index contributed by atoms with van der Waals surface area (Å²) in [5.41, 5.74) is -0.260. The summed E-state index contributed by atoms with van der Waals surface area (Å²) < 4.78 is 5.43. The topological polar surface area (TPSA) is 90.4 Å². The number of ketones is 1. The molecular formula is C27H29N3O5. The number of hydrogen-bond donors (Lipinski definition) is 1. The van der Waals surface area contributed by atoms with Crippen molar-refractivity contribution in [2.24, 2.45) is 0 Å². The third-order valence-electron chi connectivity index (χ3n) is 7.05. The third-order valence-corrected chi connectivity index (χ3v) is 7.05. The lowest BCUT2D eigenvalue weighted by molar-refractivity contribution is -0.144. The molecule has 1 N–H and O–H groups in total. The lowest BCUT2D eigenvalue weighted by Gasteiger charge is -2.36. The molecule has 3 aliphatic heterocycles. The van der Waals surface area contributed by atoms with E-state index in [1.54, 1.807) is 47.4 Å². The second kappa shape index (κ2) is 9.28. The summed E-state index contributed by atoms with van der Waals surface area (Å²) in [6.45, 7) is 5.72. The Kier molecular flexibility index (Phi) is 6.17. The molecule has 1 atom stereocenters. The lowest BCUT2D eigenvalue weighted by Crippen LogP contribution is -2.54. The maximum Gasteiger partial charge on any atom is 0.296 e. The Labute approximate surface area is 204 Å². The van der Waals surface area contributed by atoms with E-state index in [1.165, 1.54) is 4.90 Å². The summed E-state index contributed by atoms with van der Waals surface area (Å²) >= 11 is 0. The molecule has 2 fully saturated rings. The lowest BCUT2D eigenvalue weighted by atomic mass is 9.82. The molecule has 182 valence electrons. The van der Waals surface area contributed by atoms with Crippen LogP contribution in [-0.2, 0) is 24.7 Å². The van der Waals surface area contributed by atoms with E-state index in [0.29, 0.717) is 62.6 Å². The monoisotopic (exact) mass is 475 g/mol. The number of morpholine rings is 1. The van der Waals surface area contributed by atoms with Gasteiger partial charge in [-0.1, -0.05) is 55.5 Å². The molecule has 2 aromatic carbocycles. The van der Waals surface area contributed by atoms with Gasteiger partial charge in [-0.2, -0.15) is 0 Å². The standard InChI is InChI=1S/C27H29N3O5/c1-2-12-29-21-11-7-6-10-20(21)27(26(29)34)22(23(31)19-8-4-3-5-9-19)24(32)25(33)30(27)14-13-28-15-17-35-18-16-28/h3-11,31H,2,12-18H2,1H3/b23-22+. The van der Waals surface area contributed by atoms with Crippen LogP contribution in [-0.4, -0.2) is 78.4 Å². The number of carbonyl (C=O) groups excluding carboxylic acids is 3. The maximum atomic E-state index is 14.3. The zero-order valence-corrected chi connectivity index (χ0v) is 19.8. The number of carbonyl (C=O) groups is 3. The highest BCUT2D eigenvalue weighted by Gasteiger charge is 2.66. The number of para-hydroxylation sites is 1. The molecule has 0 aromatic heterocycles.